The van der Waals surface area contributed by atoms with Crippen LogP contribution in [0.15, 0.2) is 65.8 Å². The fourth-order valence-electron chi connectivity index (χ4n) is 3.14. The second-order valence-electron chi connectivity index (χ2n) is 6.93. The van der Waals surface area contributed by atoms with E-state index in [1.54, 1.807) is 12.1 Å². The smallest absolute Gasteiger partial charge is 0.264 e. The molecule has 1 N–H and O–H groups in total. The lowest BCUT2D eigenvalue weighted by Gasteiger charge is -2.14. The van der Waals surface area contributed by atoms with Crippen molar-refractivity contribution in [1.29, 1.82) is 0 Å². The molecule has 0 unspecified atom stereocenters. The first kappa shape index (κ1) is 19.8. The molecule has 0 radical (unpaired) electrons. The number of aryl methyl sites for hydroxylation is 1. The van der Waals surface area contributed by atoms with Gasteiger partial charge in [-0.05, 0) is 48.4 Å². The van der Waals surface area contributed by atoms with Crippen LogP contribution in [-0.2, 0) is 13.0 Å². The minimum Gasteiger partial charge on any atom is -0.491 e. The average Bonchev–Trinajstić information content (AvgIpc) is 3.20. The highest BCUT2D eigenvalue weighted by Gasteiger charge is 2.14. The van der Waals surface area contributed by atoms with Crippen molar-refractivity contribution >= 4 is 11.0 Å². The van der Waals surface area contributed by atoms with Gasteiger partial charge in [0.15, 0.2) is 5.65 Å². The molecular weight excluding hydrogens is 387 g/mol. The number of rotatable bonds is 7. The molecule has 8 heteroatoms. The topological polar surface area (TPSA) is 82.2 Å². The van der Waals surface area contributed by atoms with E-state index >= 15 is 0 Å². The first-order valence-corrected chi connectivity index (χ1v) is 9.64. The van der Waals surface area contributed by atoms with Crippen LogP contribution in [0.2, 0.25) is 0 Å². The van der Waals surface area contributed by atoms with E-state index in [1.165, 1.54) is 39.5 Å². The number of aliphatic hydroxyl groups is 1. The highest BCUT2D eigenvalue weighted by molar-refractivity contribution is 5.74. The summed E-state index contributed by atoms with van der Waals surface area (Å²) in [6.07, 6.45) is 2.84. The molecule has 0 amide bonds. The van der Waals surface area contributed by atoms with Crippen molar-refractivity contribution in [2.24, 2.45) is 0 Å². The van der Waals surface area contributed by atoms with Gasteiger partial charge >= 0.3 is 0 Å². The summed E-state index contributed by atoms with van der Waals surface area (Å²) >= 11 is 0. The van der Waals surface area contributed by atoms with Crippen LogP contribution in [-0.4, -0.2) is 37.1 Å². The van der Waals surface area contributed by atoms with Crippen LogP contribution in [0.5, 0.6) is 5.75 Å². The van der Waals surface area contributed by atoms with E-state index in [-0.39, 0.29) is 24.5 Å². The number of aromatic nitrogens is 4. The van der Waals surface area contributed by atoms with Crippen molar-refractivity contribution in [1.82, 2.24) is 19.3 Å². The number of nitrogens with zero attached hydrogens (tertiary/aromatic N) is 4. The Bertz CT molecular complexity index is 1200. The Hall–Kier alpha value is -3.52. The molecule has 2 heterocycles. The molecule has 0 saturated heterocycles. The van der Waals surface area contributed by atoms with Crippen molar-refractivity contribution in [3.63, 3.8) is 0 Å². The van der Waals surface area contributed by atoms with Gasteiger partial charge in [-0.2, -0.15) is 5.10 Å². The van der Waals surface area contributed by atoms with Crippen LogP contribution in [0.1, 0.15) is 12.5 Å². The summed E-state index contributed by atoms with van der Waals surface area (Å²) in [6, 6.07) is 13.4. The van der Waals surface area contributed by atoms with Crippen molar-refractivity contribution in [2.45, 2.75) is 26.0 Å². The summed E-state index contributed by atoms with van der Waals surface area (Å²) in [4.78, 5) is 17.1. The number of halogens is 1. The summed E-state index contributed by atoms with van der Waals surface area (Å²) in [5.74, 6) is 0.302. The Kier molecular flexibility index (Phi) is 5.58. The van der Waals surface area contributed by atoms with E-state index in [2.05, 4.69) is 17.0 Å². The maximum atomic E-state index is 13.2. The third kappa shape index (κ3) is 4.08. The van der Waals surface area contributed by atoms with Crippen molar-refractivity contribution in [3.8, 4) is 11.4 Å². The molecule has 4 rings (SSSR count). The number of hydrogen-bond donors (Lipinski definition) is 1. The largest absolute Gasteiger partial charge is 0.491 e. The lowest BCUT2D eigenvalue weighted by atomic mass is 10.2. The zero-order chi connectivity index (χ0) is 21.1. The molecule has 30 heavy (non-hydrogen) atoms. The van der Waals surface area contributed by atoms with Crippen LogP contribution in [0.25, 0.3) is 16.7 Å². The molecule has 0 fully saturated rings. The molecular formula is C22H21FN4O3. The van der Waals surface area contributed by atoms with Gasteiger partial charge < -0.3 is 9.84 Å². The lowest BCUT2D eigenvalue weighted by Crippen LogP contribution is -2.30. The SMILES string of the molecule is CCc1ccc(OC[C@H](O)Cn2cnc3c(cnn3-c3ccc(F)cc3)c2=O)cc1. The molecule has 2 aromatic carbocycles. The van der Waals surface area contributed by atoms with Gasteiger partial charge in [0.25, 0.3) is 5.56 Å². The minimum atomic E-state index is -0.889. The van der Waals surface area contributed by atoms with E-state index in [4.69, 9.17) is 4.74 Å². The number of fused-ring (bicyclic) bond motifs is 1. The summed E-state index contributed by atoms with van der Waals surface area (Å²) in [5.41, 5.74) is 1.85. The maximum absolute atomic E-state index is 13.2. The Balaban J connectivity index is 1.48. The van der Waals surface area contributed by atoms with Gasteiger partial charge in [-0.3, -0.25) is 9.36 Å². The Morgan fingerprint density at radius 2 is 1.87 bits per heavy atom. The Labute approximate surface area is 172 Å². The summed E-state index contributed by atoms with van der Waals surface area (Å²) in [7, 11) is 0. The second-order valence-corrected chi connectivity index (χ2v) is 6.93. The minimum absolute atomic E-state index is 0.0382. The fraction of sp³-hybridized carbons (Fsp3) is 0.227. The predicted molar refractivity (Wildman–Crippen MR) is 110 cm³/mol. The van der Waals surface area contributed by atoms with Crippen LogP contribution < -0.4 is 10.3 Å². The highest BCUT2D eigenvalue weighted by Crippen LogP contribution is 2.15. The van der Waals surface area contributed by atoms with Crippen LogP contribution in [0, 0.1) is 5.82 Å². The third-order valence-corrected chi connectivity index (χ3v) is 4.81. The van der Waals surface area contributed by atoms with Gasteiger partial charge in [-0.15, -0.1) is 0 Å². The van der Waals surface area contributed by atoms with Gasteiger partial charge in [0.05, 0.1) is 18.4 Å². The summed E-state index contributed by atoms with van der Waals surface area (Å²) in [6.45, 7) is 2.16. The standard InChI is InChI=1S/C22H21FN4O3/c1-2-15-3-9-19(10-4-15)30-13-18(28)12-26-14-24-21-20(22(26)29)11-25-27(21)17-7-5-16(23)6-8-17/h3-11,14,18,28H,2,12-13H2,1H3/t18-/m1/s1. The van der Waals surface area contributed by atoms with E-state index in [0.717, 1.165) is 6.42 Å². The molecule has 4 aromatic rings. The molecule has 2 aromatic heterocycles. The highest BCUT2D eigenvalue weighted by atomic mass is 19.1. The van der Waals surface area contributed by atoms with E-state index in [1.807, 2.05) is 24.3 Å². The van der Waals surface area contributed by atoms with Gasteiger partial charge in [0.1, 0.15) is 36.0 Å². The molecule has 0 spiro atoms. The molecule has 0 aliphatic heterocycles. The maximum Gasteiger partial charge on any atom is 0.264 e. The van der Waals surface area contributed by atoms with E-state index in [9.17, 15) is 14.3 Å². The molecule has 154 valence electrons. The fourth-order valence-corrected chi connectivity index (χ4v) is 3.14. The molecule has 0 bridgehead atoms. The molecule has 0 saturated carbocycles. The van der Waals surface area contributed by atoms with Gasteiger partial charge in [-0.25, -0.2) is 14.1 Å². The predicted octanol–water partition coefficient (Wildman–Crippen LogP) is 2.72. The first-order valence-electron chi connectivity index (χ1n) is 9.64. The zero-order valence-electron chi connectivity index (χ0n) is 16.4. The number of benzene rings is 2. The quantitative estimate of drug-likeness (QED) is 0.509. The molecule has 0 aliphatic carbocycles. The molecule has 0 aliphatic rings. The Morgan fingerprint density at radius 3 is 2.57 bits per heavy atom. The first-order chi connectivity index (χ1) is 14.5. The summed E-state index contributed by atoms with van der Waals surface area (Å²) in [5, 5.41) is 14.8. The second kappa shape index (κ2) is 8.46. The normalized spacial score (nSPS) is 12.2. The van der Waals surface area contributed by atoms with Gasteiger partial charge in [-0.1, -0.05) is 19.1 Å². The monoisotopic (exact) mass is 408 g/mol. The number of ether oxygens (including phenoxy) is 1. The molecule has 1 atom stereocenters. The number of aliphatic hydroxyl groups excluding tert-OH is 1. The zero-order valence-corrected chi connectivity index (χ0v) is 16.4. The lowest BCUT2D eigenvalue weighted by molar-refractivity contribution is 0.0915. The van der Waals surface area contributed by atoms with Crippen molar-refractivity contribution in [3.05, 3.63) is 82.8 Å². The molecule has 7 nitrogen and oxygen atoms in total. The van der Waals surface area contributed by atoms with Crippen molar-refractivity contribution < 1.29 is 14.2 Å². The van der Waals surface area contributed by atoms with E-state index < -0.39 is 6.10 Å². The summed E-state index contributed by atoms with van der Waals surface area (Å²) < 4.78 is 21.6. The van der Waals surface area contributed by atoms with E-state index in [0.29, 0.717) is 22.5 Å². The third-order valence-electron chi connectivity index (χ3n) is 4.81. The van der Waals surface area contributed by atoms with Gasteiger partial charge in [0, 0.05) is 0 Å². The van der Waals surface area contributed by atoms with Crippen LogP contribution in [0.4, 0.5) is 4.39 Å². The Morgan fingerprint density at radius 1 is 1.13 bits per heavy atom. The van der Waals surface area contributed by atoms with Crippen molar-refractivity contribution in [2.75, 3.05) is 6.61 Å². The number of hydrogen-bond acceptors (Lipinski definition) is 5. The van der Waals surface area contributed by atoms with Crippen LogP contribution in [0.3, 0.4) is 0 Å². The average molecular weight is 408 g/mol. The van der Waals surface area contributed by atoms with Gasteiger partial charge in [0.2, 0.25) is 0 Å². The van der Waals surface area contributed by atoms with Crippen LogP contribution >= 0.6 is 0 Å².